The Labute approximate surface area is 123 Å². The van der Waals surface area contributed by atoms with Crippen LogP contribution in [0.25, 0.3) is 0 Å². The van der Waals surface area contributed by atoms with Crippen molar-refractivity contribution in [3.63, 3.8) is 0 Å². The van der Waals surface area contributed by atoms with Crippen molar-refractivity contribution < 1.29 is 14.6 Å². The van der Waals surface area contributed by atoms with Crippen molar-refractivity contribution in [3.05, 3.63) is 28.3 Å². The van der Waals surface area contributed by atoms with Gasteiger partial charge in [0.2, 0.25) is 0 Å². The van der Waals surface area contributed by atoms with E-state index in [1.165, 1.54) is 0 Å². The summed E-state index contributed by atoms with van der Waals surface area (Å²) in [7, 11) is 0. The zero-order valence-electron chi connectivity index (χ0n) is 11.8. The van der Waals surface area contributed by atoms with Gasteiger partial charge in [0.25, 0.3) is 0 Å². The second kappa shape index (κ2) is 5.62. The molecule has 1 unspecified atom stereocenters. The van der Waals surface area contributed by atoms with Gasteiger partial charge in [0.15, 0.2) is 0 Å². The van der Waals surface area contributed by atoms with E-state index in [1.807, 2.05) is 26.0 Å². The van der Waals surface area contributed by atoms with Crippen LogP contribution in [-0.2, 0) is 11.2 Å². The van der Waals surface area contributed by atoms with Gasteiger partial charge in [0.05, 0.1) is 13.0 Å². The molecule has 0 saturated heterocycles. The number of fused-ring (bicyclic) bond motifs is 1. The lowest BCUT2D eigenvalue weighted by Gasteiger charge is -2.27. The zero-order chi connectivity index (χ0) is 14.9. The summed E-state index contributed by atoms with van der Waals surface area (Å²) >= 11 is 6.12. The Bertz CT molecular complexity index is 528. The third kappa shape index (κ3) is 3.44. The van der Waals surface area contributed by atoms with Crippen molar-refractivity contribution >= 4 is 17.6 Å². The van der Waals surface area contributed by atoms with Crippen LogP contribution in [0.15, 0.2) is 12.1 Å². The number of carbonyl (C=O) groups is 1. The van der Waals surface area contributed by atoms with Crippen molar-refractivity contribution in [2.45, 2.75) is 39.2 Å². The SMILES string of the molecule is CC(C)(CC(=O)O)CC(N)c1cc(Cl)cc2c1OCC2. The van der Waals surface area contributed by atoms with E-state index in [1.54, 1.807) is 0 Å². The molecule has 0 spiro atoms. The molecule has 0 fully saturated rings. The van der Waals surface area contributed by atoms with Crippen molar-refractivity contribution in [1.29, 1.82) is 0 Å². The maximum absolute atomic E-state index is 10.9. The van der Waals surface area contributed by atoms with E-state index in [-0.39, 0.29) is 17.9 Å². The molecule has 0 saturated carbocycles. The molecule has 0 radical (unpaired) electrons. The summed E-state index contributed by atoms with van der Waals surface area (Å²) in [5, 5.41) is 9.59. The smallest absolute Gasteiger partial charge is 0.303 e. The molecular weight excluding hydrogens is 278 g/mol. The molecule has 110 valence electrons. The van der Waals surface area contributed by atoms with Gasteiger partial charge in [0.1, 0.15) is 5.75 Å². The molecule has 2 rings (SSSR count). The van der Waals surface area contributed by atoms with Crippen molar-refractivity contribution in [2.24, 2.45) is 11.1 Å². The summed E-state index contributed by atoms with van der Waals surface area (Å²) in [6.07, 6.45) is 1.49. The Morgan fingerprint density at radius 2 is 2.25 bits per heavy atom. The van der Waals surface area contributed by atoms with Gasteiger partial charge in [-0.15, -0.1) is 0 Å². The highest BCUT2D eigenvalue weighted by Gasteiger charge is 2.28. The standard InChI is InChI=1S/C15H20ClNO3/c1-15(2,8-13(18)19)7-12(17)11-6-10(16)5-9-3-4-20-14(9)11/h5-6,12H,3-4,7-8,17H2,1-2H3,(H,18,19). The molecule has 1 aromatic carbocycles. The molecule has 1 aromatic rings. The second-order valence-electron chi connectivity index (χ2n) is 6.13. The molecule has 3 N–H and O–H groups in total. The van der Waals surface area contributed by atoms with Crippen LogP contribution in [0, 0.1) is 5.41 Å². The van der Waals surface area contributed by atoms with E-state index in [9.17, 15) is 4.79 Å². The maximum Gasteiger partial charge on any atom is 0.303 e. The van der Waals surface area contributed by atoms with E-state index in [4.69, 9.17) is 27.2 Å². The van der Waals surface area contributed by atoms with Crippen LogP contribution in [0.2, 0.25) is 5.02 Å². The van der Waals surface area contributed by atoms with Gasteiger partial charge in [-0.05, 0) is 29.5 Å². The Hall–Kier alpha value is -1.26. The number of ether oxygens (including phenoxy) is 1. The van der Waals surface area contributed by atoms with E-state index < -0.39 is 5.97 Å². The number of hydrogen-bond acceptors (Lipinski definition) is 3. The van der Waals surface area contributed by atoms with E-state index in [0.717, 1.165) is 23.3 Å². The van der Waals surface area contributed by atoms with Gasteiger partial charge in [-0.25, -0.2) is 0 Å². The number of halogens is 1. The largest absolute Gasteiger partial charge is 0.493 e. The van der Waals surface area contributed by atoms with Gasteiger partial charge < -0.3 is 15.6 Å². The fourth-order valence-corrected chi connectivity index (χ4v) is 3.01. The molecule has 0 bridgehead atoms. The fraction of sp³-hybridized carbons (Fsp3) is 0.533. The molecule has 4 nitrogen and oxygen atoms in total. The number of aliphatic carboxylic acids is 1. The Balaban J connectivity index is 2.22. The van der Waals surface area contributed by atoms with Gasteiger partial charge >= 0.3 is 5.97 Å². The topological polar surface area (TPSA) is 72.5 Å². The summed E-state index contributed by atoms with van der Waals surface area (Å²) in [6.45, 7) is 4.47. The van der Waals surface area contributed by atoms with Crippen LogP contribution in [0.4, 0.5) is 0 Å². The van der Waals surface area contributed by atoms with E-state index >= 15 is 0 Å². The molecule has 1 atom stereocenters. The number of rotatable bonds is 5. The fourth-order valence-electron chi connectivity index (χ4n) is 2.76. The molecular formula is C15H20ClNO3. The first-order valence-electron chi connectivity index (χ1n) is 6.71. The van der Waals surface area contributed by atoms with Gasteiger partial charge in [0, 0.05) is 23.0 Å². The normalized spacial score (nSPS) is 15.6. The lowest BCUT2D eigenvalue weighted by molar-refractivity contribution is -0.139. The van der Waals surface area contributed by atoms with Crippen LogP contribution in [0.3, 0.4) is 0 Å². The molecule has 5 heteroatoms. The van der Waals surface area contributed by atoms with Crippen LogP contribution < -0.4 is 10.5 Å². The number of hydrogen-bond donors (Lipinski definition) is 2. The van der Waals surface area contributed by atoms with Crippen molar-refractivity contribution in [2.75, 3.05) is 6.61 Å². The number of carboxylic acids is 1. The highest BCUT2D eigenvalue weighted by atomic mass is 35.5. The average molecular weight is 298 g/mol. The number of benzene rings is 1. The van der Waals surface area contributed by atoms with Gasteiger partial charge in [-0.3, -0.25) is 4.79 Å². The molecule has 1 aliphatic rings. The highest BCUT2D eigenvalue weighted by Crippen LogP contribution is 2.40. The minimum atomic E-state index is -0.810. The van der Waals surface area contributed by atoms with E-state index in [0.29, 0.717) is 18.1 Å². The molecule has 0 aliphatic carbocycles. The lowest BCUT2D eigenvalue weighted by Crippen LogP contribution is -2.24. The average Bonchev–Trinajstić information content (AvgIpc) is 2.72. The predicted molar refractivity (Wildman–Crippen MR) is 78.2 cm³/mol. The third-order valence-electron chi connectivity index (χ3n) is 3.58. The number of carboxylic acid groups (broad SMARTS) is 1. The van der Waals surface area contributed by atoms with Gasteiger partial charge in [-0.2, -0.15) is 0 Å². The van der Waals surface area contributed by atoms with Crippen LogP contribution >= 0.6 is 11.6 Å². The van der Waals surface area contributed by atoms with E-state index in [2.05, 4.69) is 0 Å². The monoisotopic (exact) mass is 297 g/mol. The summed E-state index contributed by atoms with van der Waals surface area (Å²) in [5.74, 6) is 0.0165. The molecule has 1 heterocycles. The molecule has 20 heavy (non-hydrogen) atoms. The van der Waals surface area contributed by atoms with Gasteiger partial charge in [-0.1, -0.05) is 25.4 Å². The zero-order valence-corrected chi connectivity index (χ0v) is 12.5. The minimum Gasteiger partial charge on any atom is -0.493 e. The highest BCUT2D eigenvalue weighted by molar-refractivity contribution is 6.30. The summed E-state index contributed by atoms with van der Waals surface area (Å²) in [5.41, 5.74) is 7.85. The lowest BCUT2D eigenvalue weighted by atomic mass is 9.81. The Morgan fingerprint density at radius 3 is 2.90 bits per heavy atom. The molecule has 0 amide bonds. The maximum atomic E-state index is 10.9. The van der Waals surface area contributed by atoms with Crippen LogP contribution in [0.1, 0.15) is 43.9 Å². The second-order valence-corrected chi connectivity index (χ2v) is 6.56. The van der Waals surface area contributed by atoms with Crippen molar-refractivity contribution in [1.82, 2.24) is 0 Å². The first-order chi connectivity index (χ1) is 9.28. The summed E-state index contributed by atoms with van der Waals surface area (Å²) in [4.78, 5) is 10.9. The minimum absolute atomic E-state index is 0.0876. The quantitative estimate of drug-likeness (QED) is 0.875. The van der Waals surface area contributed by atoms with Crippen LogP contribution in [0.5, 0.6) is 5.75 Å². The molecule has 0 aromatic heterocycles. The van der Waals surface area contributed by atoms with Crippen molar-refractivity contribution in [3.8, 4) is 5.75 Å². The summed E-state index contributed by atoms with van der Waals surface area (Å²) in [6, 6.07) is 3.45. The third-order valence-corrected chi connectivity index (χ3v) is 3.80. The Morgan fingerprint density at radius 1 is 1.55 bits per heavy atom. The number of nitrogens with two attached hydrogens (primary N) is 1. The van der Waals surface area contributed by atoms with Crippen LogP contribution in [-0.4, -0.2) is 17.7 Å². The molecule has 1 aliphatic heterocycles. The first kappa shape index (κ1) is 15.1. The Kier molecular flexibility index (Phi) is 4.25. The first-order valence-corrected chi connectivity index (χ1v) is 7.09. The predicted octanol–water partition coefficient (Wildman–Crippen LogP) is 3.17. The summed E-state index contributed by atoms with van der Waals surface area (Å²) < 4.78 is 5.65.